The molecule has 2 heterocycles. The summed E-state index contributed by atoms with van der Waals surface area (Å²) >= 11 is 0. The van der Waals surface area contributed by atoms with E-state index in [2.05, 4.69) is 10.2 Å². The van der Waals surface area contributed by atoms with E-state index in [-0.39, 0.29) is 5.97 Å². The van der Waals surface area contributed by atoms with Crippen molar-refractivity contribution < 1.29 is 9.53 Å². The maximum absolute atomic E-state index is 12.5. The first-order valence-electron chi connectivity index (χ1n) is 10.9. The lowest BCUT2D eigenvalue weighted by atomic mass is 9.93. The van der Waals surface area contributed by atoms with E-state index in [4.69, 9.17) is 9.72 Å². The van der Waals surface area contributed by atoms with Crippen LogP contribution in [0.1, 0.15) is 55.3 Å². The Morgan fingerprint density at radius 1 is 1.00 bits per heavy atom. The molecule has 0 bridgehead atoms. The third-order valence-electron chi connectivity index (χ3n) is 6.25. The number of rotatable bonds is 5. The first-order valence-corrected chi connectivity index (χ1v) is 10.9. The van der Waals surface area contributed by atoms with Gasteiger partial charge >= 0.3 is 5.97 Å². The summed E-state index contributed by atoms with van der Waals surface area (Å²) in [7, 11) is 1.43. The largest absolute Gasteiger partial charge is 0.465 e. The van der Waals surface area contributed by atoms with Gasteiger partial charge in [0.2, 0.25) is 0 Å². The van der Waals surface area contributed by atoms with Crippen molar-refractivity contribution in [2.45, 2.75) is 57.0 Å². The van der Waals surface area contributed by atoms with Gasteiger partial charge in [0.05, 0.1) is 7.11 Å². The molecule has 154 valence electrons. The van der Waals surface area contributed by atoms with Gasteiger partial charge in [-0.05, 0) is 37.3 Å². The van der Waals surface area contributed by atoms with E-state index in [0.717, 1.165) is 42.9 Å². The van der Waals surface area contributed by atoms with E-state index in [1.165, 1.54) is 39.2 Å². The topological polar surface area (TPSA) is 54.5 Å². The lowest BCUT2D eigenvalue weighted by Gasteiger charge is -2.36. The lowest BCUT2D eigenvalue weighted by molar-refractivity contribution is 0.0601. The Hall–Kier alpha value is -2.40. The Balaban J connectivity index is 1.47. The summed E-state index contributed by atoms with van der Waals surface area (Å²) in [5, 5.41) is 3.87. The van der Waals surface area contributed by atoms with Crippen molar-refractivity contribution in [3.63, 3.8) is 0 Å². The maximum Gasteiger partial charge on any atom is 0.341 e. The second-order valence-corrected chi connectivity index (χ2v) is 8.22. The quantitative estimate of drug-likeness (QED) is 0.762. The molecule has 1 saturated carbocycles. The molecule has 1 aliphatic carbocycles. The van der Waals surface area contributed by atoms with Crippen LogP contribution in [0.25, 0.3) is 11.1 Å². The Morgan fingerprint density at radius 2 is 1.69 bits per heavy atom. The van der Waals surface area contributed by atoms with Gasteiger partial charge in [-0.25, -0.2) is 9.78 Å². The Bertz CT molecular complexity index is 810. The Kier molecular flexibility index (Phi) is 6.45. The van der Waals surface area contributed by atoms with Crippen LogP contribution in [0.5, 0.6) is 0 Å². The van der Waals surface area contributed by atoms with Crippen LogP contribution in [0, 0.1) is 0 Å². The van der Waals surface area contributed by atoms with Crippen LogP contribution in [0.4, 0.5) is 5.82 Å². The van der Waals surface area contributed by atoms with Crippen molar-refractivity contribution in [1.29, 1.82) is 0 Å². The van der Waals surface area contributed by atoms with Gasteiger partial charge in [0.25, 0.3) is 0 Å². The number of carbonyl (C=O) groups excluding carboxylic acids is 1. The number of hydrogen-bond donors (Lipinski definition) is 1. The molecule has 0 atom stereocenters. The molecule has 1 aromatic carbocycles. The fourth-order valence-electron chi connectivity index (χ4n) is 4.62. The average molecular weight is 394 g/mol. The fraction of sp³-hybridized carbons (Fsp3) is 0.500. The predicted octanol–water partition coefficient (Wildman–Crippen LogP) is 4.43. The molecular weight excluding hydrogens is 362 g/mol. The summed E-state index contributed by atoms with van der Waals surface area (Å²) < 4.78 is 5.06. The number of piperidine rings is 1. The van der Waals surface area contributed by atoms with Crippen LogP contribution in [0.2, 0.25) is 0 Å². The number of nitrogens with zero attached hydrogens (tertiary/aromatic N) is 2. The summed E-state index contributed by atoms with van der Waals surface area (Å²) in [6.07, 6.45) is 10.8. The first-order chi connectivity index (χ1) is 14.2. The van der Waals surface area contributed by atoms with Crippen LogP contribution in [0.15, 0.2) is 42.6 Å². The van der Waals surface area contributed by atoms with E-state index in [1.54, 1.807) is 0 Å². The number of benzene rings is 1. The third kappa shape index (κ3) is 4.78. The number of hydrogen-bond acceptors (Lipinski definition) is 5. The van der Waals surface area contributed by atoms with Gasteiger partial charge in [0.15, 0.2) is 0 Å². The van der Waals surface area contributed by atoms with Gasteiger partial charge in [0, 0.05) is 36.9 Å². The monoisotopic (exact) mass is 393 g/mol. The van der Waals surface area contributed by atoms with Crippen LogP contribution >= 0.6 is 0 Å². The molecule has 1 N–H and O–H groups in total. The molecule has 0 amide bonds. The molecule has 0 radical (unpaired) electrons. The minimum absolute atomic E-state index is 0.326. The fourth-order valence-corrected chi connectivity index (χ4v) is 4.62. The van der Waals surface area contributed by atoms with E-state index >= 15 is 0 Å². The van der Waals surface area contributed by atoms with Crippen LogP contribution in [0.3, 0.4) is 0 Å². The van der Waals surface area contributed by atoms with Gasteiger partial charge in [-0.1, -0.05) is 49.6 Å². The summed E-state index contributed by atoms with van der Waals surface area (Å²) in [6, 6.07) is 13.2. The molecule has 5 heteroatoms. The normalized spacial score (nSPS) is 18.6. The summed E-state index contributed by atoms with van der Waals surface area (Å²) in [5.41, 5.74) is 2.53. The maximum atomic E-state index is 12.5. The summed E-state index contributed by atoms with van der Waals surface area (Å²) in [5.74, 6) is 0.417. The molecule has 0 unspecified atom stereocenters. The van der Waals surface area contributed by atoms with Crippen molar-refractivity contribution in [2.24, 2.45) is 0 Å². The molecule has 29 heavy (non-hydrogen) atoms. The molecule has 2 aromatic rings. The average Bonchev–Trinajstić information content (AvgIpc) is 2.80. The van der Waals surface area contributed by atoms with Gasteiger partial charge < -0.3 is 15.0 Å². The highest BCUT2D eigenvalue weighted by atomic mass is 16.5. The number of carbonyl (C=O) groups is 1. The van der Waals surface area contributed by atoms with Crippen LogP contribution in [-0.4, -0.2) is 43.2 Å². The zero-order valence-electron chi connectivity index (χ0n) is 17.3. The number of pyridine rings is 1. The van der Waals surface area contributed by atoms with Crippen LogP contribution < -0.4 is 10.2 Å². The smallest absolute Gasteiger partial charge is 0.341 e. The molecule has 1 aliphatic heterocycles. The summed E-state index contributed by atoms with van der Waals surface area (Å²) in [4.78, 5) is 19.4. The van der Waals surface area contributed by atoms with Crippen molar-refractivity contribution in [1.82, 2.24) is 10.3 Å². The van der Waals surface area contributed by atoms with E-state index in [9.17, 15) is 4.79 Å². The Labute approximate surface area is 173 Å². The summed E-state index contributed by atoms with van der Waals surface area (Å²) in [6.45, 7) is 1.82. The number of aromatic nitrogens is 1. The van der Waals surface area contributed by atoms with Crippen molar-refractivity contribution in [3.8, 4) is 11.1 Å². The van der Waals surface area contributed by atoms with E-state index in [1.807, 2.05) is 42.6 Å². The highest BCUT2D eigenvalue weighted by Crippen LogP contribution is 2.28. The molecule has 1 aromatic heterocycles. The van der Waals surface area contributed by atoms with E-state index in [0.29, 0.717) is 17.6 Å². The van der Waals surface area contributed by atoms with Gasteiger partial charge in [-0.3, -0.25) is 0 Å². The number of nitrogens with one attached hydrogen (secondary N) is 1. The standard InChI is InChI=1S/C24H31N3O2/c1-29-24(28)22-16-19(18-8-4-2-5-9-18)17-25-23(22)27-14-12-21(13-15-27)26-20-10-6-3-7-11-20/h2,4-5,8-9,16-17,20-21,26H,3,6-7,10-15H2,1H3. The van der Waals surface area contributed by atoms with Gasteiger partial charge in [-0.15, -0.1) is 0 Å². The molecular formula is C24H31N3O2. The minimum Gasteiger partial charge on any atom is -0.465 e. The highest BCUT2D eigenvalue weighted by molar-refractivity contribution is 5.96. The van der Waals surface area contributed by atoms with Crippen molar-refractivity contribution in [2.75, 3.05) is 25.1 Å². The number of esters is 1. The second kappa shape index (κ2) is 9.40. The molecule has 1 saturated heterocycles. The molecule has 2 fully saturated rings. The van der Waals surface area contributed by atoms with E-state index < -0.39 is 0 Å². The zero-order valence-corrected chi connectivity index (χ0v) is 17.3. The van der Waals surface area contributed by atoms with Crippen molar-refractivity contribution in [3.05, 3.63) is 48.2 Å². The number of ether oxygens (including phenoxy) is 1. The zero-order chi connectivity index (χ0) is 20.1. The highest BCUT2D eigenvalue weighted by Gasteiger charge is 2.26. The molecule has 2 aliphatic rings. The predicted molar refractivity (Wildman–Crippen MR) is 116 cm³/mol. The van der Waals surface area contributed by atoms with Gasteiger partial charge in [-0.2, -0.15) is 0 Å². The van der Waals surface area contributed by atoms with Crippen molar-refractivity contribution >= 4 is 11.8 Å². The van der Waals surface area contributed by atoms with Crippen LogP contribution in [-0.2, 0) is 4.74 Å². The molecule has 4 rings (SSSR count). The SMILES string of the molecule is COC(=O)c1cc(-c2ccccc2)cnc1N1CCC(NC2CCCCC2)CC1. The van der Waals surface area contributed by atoms with Gasteiger partial charge in [0.1, 0.15) is 11.4 Å². The first kappa shape index (κ1) is 19.9. The molecule has 5 nitrogen and oxygen atoms in total. The Morgan fingerprint density at radius 3 is 2.38 bits per heavy atom. The lowest BCUT2D eigenvalue weighted by Crippen LogP contribution is -2.47. The second-order valence-electron chi connectivity index (χ2n) is 8.22. The third-order valence-corrected chi connectivity index (χ3v) is 6.25. The number of anilines is 1. The number of methoxy groups -OCH3 is 1. The molecule has 0 spiro atoms. The minimum atomic E-state index is -0.326.